The molecule has 0 fully saturated rings. The van der Waals surface area contributed by atoms with Gasteiger partial charge in [0.25, 0.3) is 0 Å². The molecule has 2 aliphatic heterocycles. The van der Waals surface area contributed by atoms with Crippen molar-refractivity contribution in [2.75, 3.05) is 4.90 Å². The summed E-state index contributed by atoms with van der Waals surface area (Å²) in [6.07, 6.45) is 7.11. The highest BCUT2D eigenvalue weighted by atomic mass is 15.2. The van der Waals surface area contributed by atoms with Crippen LogP contribution in [0.2, 0.25) is 0 Å². The summed E-state index contributed by atoms with van der Waals surface area (Å²) in [6.45, 7) is 11.4. The molecule has 0 saturated carbocycles. The van der Waals surface area contributed by atoms with Crippen LogP contribution in [0.1, 0.15) is 79.5 Å². The number of nitrogens with zero attached hydrogens (tertiary/aromatic N) is 1. The third kappa shape index (κ3) is 3.28. The summed E-state index contributed by atoms with van der Waals surface area (Å²) >= 11 is 0. The predicted octanol–water partition coefficient (Wildman–Crippen LogP) is 9.04. The van der Waals surface area contributed by atoms with E-state index < -0.39 is 0 Å². The molecule has 0 spiro atoms. The number of benzene rings is 3. The number of hydrogen-bond acceptors (Lipinski definition) is 1. The number of hydrogen-bond donors (Lipinski definition) is 0. The van der Waals surface area contributed by atoms with Gasteiger partial charge in [-0.15, -0.1) is 0 Å². The predicted molar refractivity (Wildman–Crippen MR) is 146 cm³/mol. The lowest BCUT2D eigenvalue weighted by molar-refractivity contribution is 0.660. The molecule has 1 unspecified atom stereocenters. The molecular weight excluding hydrogens is 410 g/mol. The zero-order chi connectivity index (χ0) is 23.6. The topological polar surface area (TPSA) is 3.24 Å². The van der Waals surface area contributed by atoms with E-state index >= 15 is 0 Å². The maximum Gasteiger partial charge on any atom is 0.0784 e. The average molecular weight is 446 g/mol. The van der Waals surface area contributed by atoms with Crippen LogP contribution in [-0.2, 0) is 6.42 Å². The highest BCUT2D eigenvalue weighted by Crippen LogP contribution is 2.54. The standard InChI is InChI=1S/C33H35N/c1-6-27-30-14-12-25-16-22(5)17-29(33(25)27)32-19-26(15-20(2)3)28-18-24(11-13-31(28)34(30)32)23-9-7-21(4)8-10-23/h7-11,13,16-20,32H,6,12,14-15H2,1-5H3. The molecular formula is C33H35N. The average Bonchev–Trinajstić information content (AvgIpc) is 2.82. The lowest BCUT2D eigenvalue weighted by Crippen LogP contribution is -2.37. The van der Waals surface area contributed by atoms with Gasteiger partial charge in [-0.3, -0.25) is 0 Å². The third-order valence-corrected chi connectivity index (χ3v) is 7.89. The van der Waals surface area contributed by atoms with Crippen LogP contribution < -0.4 is 4.90 Å². The molecule has 0 saturated heterocycles. The zero-order valence-electron chi connectivity index (χ0n) is 21.2. The minimum absolute atomic E-state index is 0.311. The van der Waals surface area contributed by atoms with E-state index in [0.29, 0.717) is 12.0 Å². The first-order valence-corrected chi connectivity index (χ1v) is 13.0. The van der Waals surface area contributed by atoms with Crippen molar-refractivity contribution in [2.45, 2.75) is 66.3 Å². The van der Waals surface area contributed by atoms with E-state index in [0.717, 1.165) is 25.7 Å². The fourth-order valence-electron chi connectivity index (χ4n) is 6.48. The molecule has 1 nitrogen and oxygen atoms in total. The molecule has 1 atom stereocenters. The van der Waals surface area contributed by atoms with E-state index in [-0.39, 0.29) is 0 Å². The van der Waals surface area contributed by atoms with Gasteiger partial charge in [-0.2, -0.15) is 0 Å². The summed E-state index contributed by atoms with van der Waals surface area (Å²) in [5.74, 6) is 0.624. The molecule has 3 aromatic rings. The quantitative estimate of drug-likeness (QED) is 0.387. The van der Waals surface area contributed by atoms with E-state index in [9.17, 15) is 0 Å². The van der Waals surface area contributed by atoms with Gasteiger partial charge in [0.15, 0.2) is 0 Å². The van der Waals surface area contributed by atoms with Crippen molar-refractivity contribution >= 4 is 16.8 Å². The highest BCUT2D eigenvalue weighted by molar-refractivity contribution is 5.91. The molecule has 3 aromatic carbocycles. The molecule has 6 rings (SSSR count). The molecule has 0 radical (unpaired) electrons. The minimum atomic E-state index is 0.311. The zero-order valence-corrected chi connectivity index (χ0v) is 21.2. The minimum Gasteiger partial charge on any atom is -0.333 e. The Balaban J connectivity index is 1.58. The van der Waals surface area contributed by atoms with Crippen molar-refractivity contribution in [3.63, 3.8) is 0 Å². The summed E-state index contributed by atoms with van der Waals surface area (Å²) in [5.41, 5.74) is 17.4. The molecule has 1 heteroatoms. The molecule has 34 heavy (non-hydrogen) atoms. The number of rotatable bonds is 4. The second-order valence-electron chi connectivity index (χ2n) is 10.9. The monoisotopic (exact) mass is 445 g/mol. The Morgan fingerprint density at radius 3 is 2.38 bits per heavy atom. The largest absolute Gasteiger partial charge is 0.333 e. The lowest BCUT2D eigenvalue weighted by atomic mass is 9.74. The van der Waals surface area contributed by atoms with Crippen LogP contribution in [0.5, 0.6) is 0 Å². The molecule has 2 heterocycles. The van der Waals surface area contributed by atoms with Crippen LogP contribution in [0.25, 0.3) is 22.3 Å². The third-order valence-electron chi connectivity index (χ3n) is 7.89. The van der Waals surface area contributed by atoms with Crippen molar-refractivity contribution in [3.8, 4) is 11.1 Å². The van der Waals surface area contributed by atoms with Gasteiger partial charge in [-0.05, 0) is 96.5 Å². The van der Waals surface area contributed by atoms with E-state index in [1.54, 1.807) is 22.4 Å². The van der Waals surface area contributed by atoms with Crippen molar-refractivity contribution in [2.24, 2.45) is 5.92 Å². The SMILES string of the molecule is CCC1=C2CCc3cc(C)cc(c31)C1C=C(CC(C)C)c3cc(-c4ccc(C)cc4)ccc3N21. The number of fused-ring (bicyclic) bond motifs is 5. The van der Waals surface area contributed by atoms with Crippen LogP contribution in [0.15, 0.2) is 66.4 Å². The molecule has 3 aliphatic rings. The van der Waals surface area contributed by atoms with E-state index in [1.807, 2.05) is 0 Å². The van der Waals surface area contributed by atoms with Crippen LogP contribution >= 0.6 is 0 Å². The van der Waals surface area contributed by atoms with Gasteiger partial charge in [-0.25, -0.2) is 0 Å². The first-order chi connectivity index (χ1) is 16.4. The molecule has 172 valence electrons. The number of allylic oxidation sites excluding steroid dienone is 3. The van der Waals surface area contributed by atoms with Gasteiger partial charge in [-0.1, -0.05) is 80.4 Å². The molecule has 1 aliphatic carbocycles. The smallest absolute Gasteiger partial charge is 0.0784 e. The van der Waals surface area contributed by atoms with Crippen molar-refractivity contribution in [3.05, 3.63) is 99.8 Å². The molecule has 2 bridgehead atoms. The Morgan fingerprint density at radius 1 is 0.882 bits per heavy atom. The fourth-order valence-corrected chi connectivity index (χ4v) is 6.48. The van der Waals surface area contributed by atoms with Gasteiger partial charge in [0.1, 0.15) is 0 Å². The van der Waals surface area contributed by atoms with Crippen LogP contribution in [-0.4, -0.2) is 0 Å². The van der Waals surface area contributed by atoms with Gasteiger partial charge < -0.3 is 4.90 Å². The van der Waals surface area contributed by atoms with E-state index in [2.05, 4.69) is 100 Å². The molecule has 0 amide bonds. The lowest BCUT2D eigenvalue weighted by Gasteiger charge is -2.47. The second kappa shape index (κ2) is 8.01. The van der Waals surface area contributed by atoms with Crippen LogP contribution in [0, 0.1) is 19.8 Å². The maximum atomic E-state index is 2.70. The molecule has 0 aromatic heterocycles. The van der Waals surface area contributed by atoms with Crippen molar-refractivity contribution in [1.29, 1.82) is 0 Å². The van der Waals surface area contributed by atoms with Crippen LogP contribution in [0.3, 0.4) is 0 Å². The Morgan fingerprint density at radius 2 is 1.65 bits per heavy atom. The van der Waals surface area contributed by atoms with Gasteiger partial charge in [0.05, 0.1) is 6.04 Å². The number of aryl methyl sites for hydroxylation is 3. The summed E-state index contributed by atoms with van der Waals surface area (Å²) in [6, 6.07) is 21.4. The fraction of sp³-hybridized carbons (Fsp3) is 0.333. The summed E-state index contributed by atoms with van der Waals surface area (Å²) < 4.78 is 0. The van der Waals surface area contributed by atoms with Crippen molar-refractivity contribution in [1.82, 2.24) is 0 Å². The highest BCUT2D eigenvalue weighted by Gasteiger charge is 2.39. The van der Waals surface area contributed by atoms with Crippen LogP contribution in [0.4, 0.5) is 5.69 Å². The Hall–Kier alpha value is -3.06. The van der Waals surface area contributed by atoms with E-state index in [4.69, 9.17) is 0 Å². The first kappa shape index (κ1) is 21.5. The normalized spacial score (nSPS) is 18.1. The Kier molecular flexibility index (Phi) is 5.06. The van der Waals surface area contributed by atoms with E-state index in [1.165, 1.54) is 44.6 Å². The Bertz CT molecular complexity index is 1350. The first-order valence-electron chi connectivity index (χ1n) is 13.0. The van der Waals surface area contributed by atoms with Gasteiger partial charge >= 0.3 is 0 Å². The Labute approximate surface area is 204 Å². The summed E-state index contributed by atoms with van der Waals surface area (Å²) in [4.78, 5) is 2.70. The van der Waals surface area contributed by atoms with Gasteiger partial charge in [0.2, 0.25) is 0 Å². The summed E-state index contributed by atoms with van der Waals surface area (Å²) in [7, 11) is 0. The van der Waals surface area contributed by atoms with Gasteiger partial charge in [0, 0.05) is 16.9 Å². The summed E-state index contributed by atoms with van der Waals surface area (Å²) in [5, 5.41) is 0. The second-order valence-corrected chi connectivity index (χ2v) is 10.9. The molecule has 0 N–H and O–H groups in total. The maximum absolute atomic E-state index is 2.70. The van der Waals surface area contributed by atoms with Crippen molar-refractivity contribution < 1.29 is 0 Å². The number of anilines is 1.